The van der Waals surface area contributed by atoms with Gasteiger partial charge in [-0.2, -0.15) is 0 Å². The molecule has 1 rings (SSSR count). The zero-order valence-electron chi connectivity index (χ0n) is 13.1. The SMILES string of the molecule is C=Cc1c(C=CC)cc(C=CC)n1C(C=CCC)=CC. The summed E-state index contributed by atoms with van der Waals surface area (Å²) in [5, 5.41) is 0. The van der Waals surface area contributed by atoms with Crippen molar-refractivity contribution in [1.29, 1.82) is 0 Å². The van der Waals surface area contributed by atoms with Crippen molar-refractivity contribution in [2.45, 2.75) is 34.1 Å². The topological polar surface area (TPSA) is 4.93 Å². The fourth-order valence-electron chi connectivity index (χ4n) is 2.21. The van der Waals surface area contributed by atoms with Crippen LogP contribution in [0.3, 0.4) is 0 Å². The Morgan fingerprint density at radius 1 is 1.20 bits per heavy atom. The third-order valence-electron chi connectivity index (χ3n) is 3.05. The van der Waals surface area contributed by atoms with Crippen molar-refractivity contribution in [1.82, 2.24) is 4.57 Å². The molecule has 0 spiro atoms. The third kappa shape index (κ3) is 3.51. The Morgan fingerprint density at radius 3 is 2.40 bits per heavy atom. The highest BCUT2D eigenvalue weighted by molar-refractivity contribution is 5.74. The Kier molecular flexibility index (Phi) is 6.58. The molecule has 0 fully saturated rings. The first-order valence-electron chi connectivity index (χ1n) is 7.20. The molecule has 0 aromatic carbocycles. The molecular formula is C19H25N. The molecule has 1 aromatic rings. The second kappa shape index (κ2) is 8.21. The van der Waals surface area contributed by atoms with Crippen LogP contribution in [0.4, 0.5) is 0 Å². The van der Waals surface area contributed by atoms with E-state index in [0.29, 0.717) is 0 Å². The second-order valence-corrected chi connectivity index (χ2v) is 4.47. The predicted octanol–water partition coefficient (Wildman–Crippen LogP) is 6.02. The van der Waals surface area contributed by atoms with Crippen molar-refractivity contribution in [3.8, 4) is 0 Å². The van der Waals surface area contributed by atoms with Gasteiger partial charge in [-0.15, -0.1) is 0 Å². The van der Waals surface area contributed by atoms with E-state index in [1.54, 1.807) is 0 Å². The molecule has 1 heterocycles. The fourth-order valence-corrected chi connectivity index (χ4v) is 2.21. The Hall–Kier alpha value is -2.02. The van der Waals surface area contributed by atoms with Crippen LogP contribution in [0.15, 0.2) is 43.0 Å². The largest absolute Gasteiger partial charge is 0.310 e. The van der Waals surface area contributed by atoms with E-state index in [4.69, 9.17) is 0 Å². The van der Waals surface area contributed by atoms with Crippen LogP contribution in [0, 0.1) is 0 Å². The van der Waals surface area contributed by atoms with Gasteiger partial charge in [0.15, 0.2) is 0 Å². The third-order valence-corrected chi connectivity index (χ3v) is 3.05. The van der Waals surface area contributed by atoms with Crippen molar-refractivity contribution in [3.63, 3.8) is 0 Å². The zero-order chi connectivity index (χ0) is 15.0. The molecule has 0 aliphatic heterocycles. The van der Waals surface area contributed by atoms with E-state index in [9.17, 15) is 0 Å². The molecule has 0 bridgehead atoms. The lowest BCUT2D eigenvalue weighted by Gasteiger charge is -2.11. The highest BCUT2D eigenvalue weighted by atomic mass is 15.0. The number of hydrogen-bond donors (Lipinski definition) is 0. The minimum atomic E-state index is 1.03. The van der Waals surface area contributed by atoms with E-state index in [0.717, 1.165) is 12.1 Å². The van der Waals surface area contributed by atoms with Gasteiger partial charge in [0.1, 0.15) is 0 Å². The van der Waals surface area contributed by atoms with Crippen LogP contribution in [0.1, 0.15) is 51.1 Å². The van der Waals surface area contributed by atoms with Crippen molar-refractivity contribution >= 4 is 23.9 Å². The molecule has 0 atom stereocenters. The normalized spacial score (nSPS) is 13.1. The molecule has 0 aliphatic rings. The molecule has 20 heavy (non-hydrogen) atoms. The maximum absolute atomic E-state index is 3.97. The Balaban J connectivity index is 3.55. The fraction of sp³-hybridized carbons (Fsp3) is 0.263. The highest BCUT2D eigenvalue weighted by Gasteiger charge is 2.11. The van der Waals surface area contributed by atoms with E-state index in [1.807, 2.05) is 19.9 Å². The molecule has 1 aromatic heterocycles. The molecule has 0 aliphatic carbocycles. The monoisotopic (exact) mass is 267 g/mol. The van der Waals surface area contributed by atoms with E-state index in [1.165, 1.54) is 17.0 Å². The molecule has 106 valence electrons. The van der Waals surface area contributed by atoms with Crippen molar-refractivity contribution in [2.24, 2.45) is 0 Å². The summed E-state index contributed by atoms with van der Waals surface area (Å²) in [6, 6.07) is 2.19. The molecule has 0 amide bonds. The first-order chi connectivity index (χ1) is 9.73. The summed E-state index contributed by atoms with van der Waals surface area (Å²) < 4.78 is 2.24. The lowest BCUT2D eigenvalue weighted by atomic mass is 10.2. The first kappa shape index (κ1) is 16.0. The van der Waals surface area contributed by atoms with Crippen LogP contribution in [0.2, 0.25) is 0 Å². The smallest absolute Gasteiger partial charge is 0.0528 e. The maximum Gasteiger partial charge on any atom is 0.0528 e. The summed E-state index contributed by atoms with van der Waals surface area (Å²) >= 11 is 0. The van der Waals surface area contributed by atoms with E-state index in [2.05, 4.69) is 73.6 Å². The van der Waals surface area contributed by atoms with Crippen LogP contribution in [0.25, 0.3) is 23.9 Å². The minimum Gasteiger partial charge on any atom is -0.310 e. The Labute approximate surface area is 123 Å². The molecule has 1 heteroatoms. The van der Waals surface area contributed by atoms with Crippen molar-refractivity contribution < 1.29 is 0 Å². The second-order valence-electron chi connectivity index (χ2n) is 4.47. The number of rotatable bonds is 6. The van der Waals surface area contributed by atoms with Gasteiger partial charge < -0.3 is 4.57 Å². The summed E-state index contributed by atoms with van der Waals surface area (Å²) in [4.78, 5) is 0. The summed E-state index contributed by atoms with van der Waals surface area (Å²) in [5.41, 5.74) is 4.67. The lowest BCUT2D eigenvalue weighted by Crippen LogP contribution is -2.00. The average molecular weight is 267 g/mol. The van der Waals surface area contributed by atoms with Gasteiger partial charge in [-0.3, -0.25) is 0 Å². The molecule has 0 saturated carbocycles. The predicted molar refractivity (Wildman–Crippen MR) is 93.3 cm³/mol. The van der Waals surface area contributed by atoms with Gasteiger partial charge >= 0.3 is 0 Å². The quantitative estimate of drug-likeness (QED) is 0.555. The Bertz CT molecular complexity index is 563. The standard InChI is InChI=1S/C19H25N/c1-6-11-14-17(9-4)20-18(13-8-3)15-16(12-7-2)19(20)10-5/h7-15H,5-6H2,1-4H3. The van der Waals surface area contributed by atoms with E-state index < -0.39 is 0 Å². The van der Waals surface area contributed by atoms with Gasteiger partial charge in [0.05, 0.1) is 5.69 Å². The molecular weight excluding hydrogens is 242 g/mol. The van der Waals surface area contributed by atoms with Gasteiger partial charge in [0, 0.05) is 17.0 Å². The molecule has 0 N–H and O–H groups in total. The molecule has 1 nitrogen and oxygen atoms in total. The van der Waals surface area contributed by atoms with Crippen LogP contribution < -0.4 is 0 Å². The van der Waals surface area contributed by atoms with Gasteiger partial charge in [-0.1, -0.05) is 43.9 Å². The summed E-state index contributed by atoms with van der Waals surface area (Å²) in [5.74, 6) is 0. The maximum atomic E-state index is 3.97. The Morgan fingerprint density at radius 2 is 1.90 bits per heavy atom. The van der Waals surface area contributed by atoms with E-state index >= 15 is 0 Å². The number of aromatic nitrogens is 1. The number of allylic oxidation sites excluding steroid dienone is 6. The summed E-state index contributed by atoms with van der Waals surface area (Å²) in [6.45, 7) is 12.3. The molecule has 0 unspecified atom stereocenters. The molecule has 0 radical (unpaired) electrons. The minimum absolute atomic E-state index is 1.03. The van der Waals surface area contributed by atoms with Crippen LogP contribution in [-0.4, -0.2) is 4.57 Å². The molecule has 0 saturated heterocycles. The van der Waals surface area contributed by atoms with Gasteiger partial charge in [-0.05, 0) is 51.5 Å². The van der Waals surface area contributed by atoms with Gasteiger partial charge in [-0.25, -0.2) is 0 Å². The van der Waals surface area contributed by atoms with Crippen molar-refractivity contribution in [3.05, 3.63) is 60.0 Å². The average Bonchev–Trinajstić information content (AvgIpc) is 2.78. The van der Waals surface area contributed by atoms with Crippen LogP contribution >= 0.6 is 0 Å². The number of hydrogen-bond acceptors (Lipinski definition) is 0. The van der Waals surface area contributed by atoms with Gasteiger partial charge in [0.2, 0.25) is 0 Å². The summed E-state index contributed by atoms with van der Waals surface area (Å²) in [7, 11) is 0. The van der Waals surface area contributed by atoms with Crippen LogP contribution in [-0.2, 0) is 0 Å². The van der Waals surface area contributed by atoms with Gasteiger partial charge in [0.25, 0.3) is 0 Å². The first-order valence-corrected chi connectivity index (χ1v) is 7.20. The highest BCUT2D eigenvalue weighted by Crippen LogP contribution is 2.25. The van der Waals surface area contributed by atoms with Crippen LogP contribution in [0.5, 0.6) is 0 Å². The zero-order valence-corrected chi connectivity index (χ0v) is 13.1. The lowest BCUT2D eigenvalue weighted by molar-refractivity contribution is 1.08. The number of nitrogens with zero attached hydrogens (tertiary/aromatic N) is 1. The van der Waals surface area contributed by atoms with Crippen molar-refractivity contribution in [2.75, 3.05) is 0 Å². The van der Waals surface area contributed by atoms with E-state index in [-0.39, 0.29) is 0 Å². The summed E-state index contributed by atoms with van der Waals surface area (Å²) in [6.07, 6.45) is 17.8.